The maximum absolute atomic E-state index is 12.7. The number of rotatable bonds is 2. The number of benzene rings is 2. The van der Waals surface area contributed by atoms with Crippen molar-refractivity contribution in [3.05, 3.63) is 77.1 Å². The summed E-state index contributed by atoms with van der Waals surface area (Å²) in [6.07, 6.45) is 3.51. The Morgan fingerprint density at radius 2 is 1.85 bits per heavy atom. The minimum absolute atomic E-state index is 0.0601. The van der Waals surface area contributed by atoms with Gasteiger partial charge in [0.05, 0.1) is 0 Å². The van der Waals surface area contributed by atoms with E-state index >= 15 is 0 Å². The molecule has 0 atom stereocenters. The summed E-state index contributed by atoms with van der Waals surface area (Å²) in [5, 5.41) is 1.94. The molecule has 0 fully saturated rings. The predicted molar refractivity (Wildman–Crippen MR) is 81.1 cm³/mol. The van der Waals surface area contributed by atoms with Crippen molar-refractivity contribution in [2.24, 2.45) is 0 Å². The van der Waals surface area contributed by atoms with Crippen LogP contribution in [-0.2, 0) is 0 Å². The maximum Gasteiger partial charge on any atom is 0.193 e. The molecular formula is C18H15NO. The lowest BCUT2D eigenvalue weighted by Gasteiger charge is -2.07. The second-order valence-electron chi connectivity index (χ2n) is 5.03. The fourth-order valence-corrected chi connectivity index (χ4v) is 2.36. The monoisotopic (exact) mass is 261 g/mol. The van der Waals surface area contributed by atoms with E-state index in [9.17, 15) is 4.79 Å². The number of nitrogens with zero attached hydrogens (tertiary/aromatic N) is 1. The molecule has 1 heterocycles. The maximum atomic E-state index is 12.7. The van der Waals surface area contributed by atoms with Gasteiger partial charge in [-0.05, 0) is 42.5 Å². The van der Waals surface area contributed by atoms with Gasteiger partial charge in [-0.2, -0.15) is 0 Å². The van der Waals surface area contributed by atoms with Gasteiger partial charge in [0.25, 0.3) is 0 Å². The van der Waals surface area contributed by atoms with Gasteiger partial charge in [-0.15, -0.1) is 0 Å². The molecule has 2 heteroatoms. The standard InChI is InChI=1S/C18H15NO/c1-12-6-7-14(10-13(12)2)18(20)17-5-3-4-15-11-19-9-8-16(15)17/h3-11H,1-2H3. The van der Waals surface area contributed by atoms with Gasteiger partial charge in [-0.25, -0.2) is 0 Å². The van der Waals surface area contributed by atoms with Gasteiger partial charge >= 0.3 is 0 Å². The summed E-state index contributed by atoms with van der Waals surface area (Å²) in [4.78, 5) is 16.8. The van der Waals surface area contributed by atoms with Crippen LogP contribution in [0.5, 0.6) is 0 Å². The van der Waals surface area contributed by atoms with Gasteiger partial charge in [0, 0.05) is 28.9 Å². The van der Waals surface area contributed by atoms with E-state index < -0.39 is 0 Å². The van der Waals surface area contributed by atoms with Crippen molar-refractivity contribution in [1.82, 2.24) is 4.98 Å². The topological polar surface area (TPSA) is 30.0 Å². The SMILES string of the molecule is Cc1ccc(C(=O)c2cccc3cnccc23)cc1C. The summed E-state index contributed by atoms with van der Waals surface area (Å²) < 4.78 is 0. The first-order valence-electron chi connectivity index (χ1n) is 6.61. The molecule has 0 saturated carbocycles. The molecule has 0 aliphatic heterocycles. The molecule has 3 rings (SSSR count). The molecule has 2 nitrogen and oxygen atoms in total. The minimum atomic E-state index is 0.0601. The summed E-state index contributed by atoms with van der Waals surface area (Å²) in [6, 6.07) is 13.5. The quantitative estimate of drug-likeness (QED) is 0.650. The Balaban J connectivity index is 2.15. The summed E-state index contributed by atoms with van der Waals surface area (Å²) in [6.45, 7) is 4.08. The van der Waals surface area contributed by atoms with Gasteiger partial charge < -0.3 is 0 Å². The smallest absolute Gasteiger partial charge is 0.193 e. The van der Waals surface area contributed by atoms with Crippen LogP contribution in [0.15, 0.2) is 54.9 Å². The lowest BCUT2D eigenvalue weighted by Crippen LogP contribution is -2.03. The average molecular weight is 261 g/mol. The van der Waals surface area contributed by atoms with Crippen molar-refractivity contribution in [2.75, 3.05) is 0 Å². The number of ketones is 1. The zero-order valence-corrected chi connectivity index (χ0v) is 11.6. The summed E-state index contributed by atoms with van der Waals surface area (Å²) >= 11 is 0. The average Bonchev–Trinajstić information content (AvgIpc) is 2.49. The molecular weight excluding hydrogens is 246 g/mol. The second kappa shape index (κ2) is 4.89. The highest BCUT2D eigenvalue weighted by Crippen LogP contribution is 2.21. The number of hydrogen-bond acceptors (Lipinski definition) is 2. The Bertz CT molecular complexity index is 800. The van der Waals surface area contributed by atoms with E-state index in [1.807, 2.05) is 56.3 Å². The molecule has 1 aromatic heterocycles. The predicted octanol–water partition coefficient (Wildman–Crippen LogP) is 4.08. The molecule has 0 N–H and O–H groups in total. The minimum Gasteiger partial charge on any atom is -0.289 e. The van der Waals surface area contributed by atoms with E-state index in [0.717, 1.165) is 27.5 Å². The Morgan fingerprint density at radius 1 is 1.00 bits per heavy atom. The molecule has 0 amide bonds. The van der Waals surface area contributed by atoms with E-state index in [-0.39, 0.29) is 5.78 Å². The number of fused-ring (bicyclic) bond motifs is 1. The molecule has 0 saturated heterocycles. The first-order valence-corrected chi connectivity index (χ1v) is 6.61. The van der Waals surface area contributed by atoms with Crippen LogP contribution in [0.3, 0.4) is 0 Å². The summed E-state index contributed by atoms with van der Waals surface area (Å²) in [5.41, 5.74) is 3.80. The molecule has 20 heavy (non-hydrogen) atoms. The normalized spacial score (nSPS) is 10.7. The first kappa shape index (κ1) is 12.5. The Morgan fingerprint density at radius 3 is 2.65 bits per heavy atom. The van der Waals surface area contributed by atoms with Crippen molar-refractivity contribution in [3.63, 3.8) is 0 Å². The van der Waals surface area contributed by atoms with E-state index in [1.165, 1.54) is 5.56 Å². The highest BCUT2D eigenvalue weighted by Gasteiger charge is 2.12. The van der Waals surface area contributed by atoms with Crippen molar-refractivity contribution in [2.45, 2.75) is 13.8 Å². The number of carbonyl (C=O) groups is 1. The van der Waals surface area contributed by atoms with E-state index in [2.05, 4.69) is 4.98 Å². The largest absolute Gasteiger partial charge is 0.289 e. The number of carbonyl (C=O) groups excluding carboxylic acids is 1. The van der Waals surface area contributed by atoms with Gasteiger partial charge in [0.2, 0.25) is 0 Å². The van der Waals surface area contributed by atoms with Crippen LogP contribution in [0, 0.1) is 13.8 Å². The van der Waals surface area contributed by atoms with Crippen molar-refractivity contribution in [3.8, 4) is 0 Å². The van der Waals surface area contributed by atoms with Crippen molar-refractivity contribution in [1.29, 1.82) is 0 Å². The molecule has 0 aliphatic rings. The van der Waals surface area contributed by atoms with Crippen LogP contribution < -0.4 is 0 Å². The first-order chi connectivity index (χ1) is 9.66. The molecule has 0 bridgehead atoms. The van der Waals surface area contributed by atoms with E-state index in [4.69, 9.17) is 0 Å². The number of pyridine rings is 1. The van der Waals surface area contributed by atoms with Crippen LogP contribution in [0.25, 0.3) is 10.8 Å². The van der Waals surface area contributed by atoms with Crippen molar-refractivity contribution < 1.29 is 4.79 Å². The van der Waals surface area contributed by atoms with Gasteiger partial charge in [-0.3, -0.25) is 9.78 Å². The molecule has 0 spiro atoms. The Labute approximate surface area is 118 Å². The summed E-state index contributed by atoms with van der Waals surface area (Å²) in [5.74, 6) is 0.0601. The van der Waals surface area contributed by atoms with Crippen LogP contribution in [0.4, 0.5) is 0 Å². The van der Waals surface area contributed by atoms with Gasteiger partial charge in [0.15, 0.2) is 5.78 Å². The highest BCUT2D eigenvalue weighted by molar-refractivity contribution is 6.16. The second-order valence-corrected chi connectivity index (χ2v) is 5.03. The fourth-order valence-electron chi connectivity index (χ4n) is 2.36. The fraction of sp³-hybridized carbons (Fsp3) is 0.111. The molecule has 0 unspecified atom stereocenters. The molecule has 3 aromatic rings. The van der Waals surface area contributed by atoms with Gasteiger partial charge in [-0.1, -0.05) is 30.3 Å². The Hall–Kier alpha value is -2.48. The lowest BCUT2D eigenvalue weighted by molar-refractivity contribution is 0.104. The third kappa shape index (κ3) is 2.10. The zero-order chi connectivity index (χ0) is 14.1. The number of aromatic nitrogens is 1. The highest BCUT2D eigenvalue weighted by atomic mass is 16.1. The van der Waals surface area contributed by atoms with Crippen LogP contribution >= 0.6 is 0 Å². The Kier molecular flexibility index (Phi) is 3.07. The molecule has 98 valence electrons. The molecule has 2 aromatic carbocycles. The van der Waals surface area contributed by atoms with Crippen LogP contribution in [0.2, 0.25) is 0 Å². The molecule has 0 aliphatic carbocycles. The lowest BCUT2D eigenvalue weighted by atomic mass is 9.96. The van der Waals surface area contributed by atoms with E-state index in [1.54, 1.807) is 12.4 Å². The number of hydrogen-bond donors (Lipinski definition) is 0. The third-order valence-electron chi connectivity index (χ3n) is 3.69. The van der Waals surface area contributed by atoms with Crippen molar-refractivity contribution >= 4 is 16.6 Å². The third-order valence-corrected chi connectivity index (χ3v) is 3.69. The van der Waals surface area contributed by atoms with Crippen LogP contribution in [-0.4, -0.2) is 10.8 Å². The van der Waals surface area contributed by atoms with E-state index in [0.29, 0.717) is 0 Å². The van der Waals surface area contributed by atoms with Crippen LogP contribution in [0.1, 0.15) is 27.0 Å². The van der Waals surface area contributed by atoms with Gasteiger partial charge in [0.1, 0.15) is 0 Å². The number of aryl methyl sites for hydroxylation is 2. The summed E-state index contributed by atoms with van der Waals surface area (Å²) in [7, 11) is 0. The molecule has 0 radical (unpaired) electrons. The zero-order valence-electron chi connectivity index (χ0n) is 11.6.